The average molecular weight is 98.1 g/mol. The summed E-state index contributed by atoms with van der Waals surface area (Å²) >= 11 is 0. The van der Waals surface area contributed by atoms with E-state index in [0.29, 0.717) is 6.33 Å². The van der Waals surface area contributed by atoms with E-state index in [0.717, 1.165) is 0 Å². The predicted molar refractivity (Wildman–Crippen MR) is 29.6 cm³/mol. The van der Waals surface area contributed by atoms with E-state index >= 15 is 0 Å². The fourth-order valence-electron chi connectivity index (χ4n) is 0.185. The van der Waals surface area contributed by atoms with Gasteiger partial charge in [0.2, 0.25) is 0 Å². The molecule has 0 saturated carbocycles. The Hall–Kier alpha value is -0.850. The Morgan fingerprint density at radius 1 is 1.14 bits per heavy atom. The topological polar surface area (TPSA) is 0 Å². The summed E-state index contributed by atoms with van der Waals surface area (Å²) in [7, 11) is 0. The van der Waals surface area contributed by atoms with E-state index in [2.05, 4.69) is 6.58 Å². The third-order valence-corrected chi connectivity index (χ3v) is 0.431. The minimum Gasteiger partial charge on any atom is -0.216 e. The molecule has 0 N–H and O–H groups in total. The number of allylic oxidation sites excluding steroid dienone is 4. The molecule has 0 atom stereocenters. The summed E-state index contributed by atoms with van der Waals surface area (Å²) in [5.41, 5.74) is 0. The number of halogens is 1. The van der Waals surface area contributed by atoms with Gasteiger partial charge in [0.05, 0.1) is 6.33 Å². The molecule has 38 valence electrons. The average Bonchev–Trinajstić information content (AvgIpc) is 1.69. The van der Waals surface area contributed by atoms with Crippen molar-refractivity contribution in [1.82, 2.24) is 0 Å². The number of hydrogen-bond acceptors (Lipinski definition) is 0. The van der Waals surface area contributed by atoms with Crippen molar-refractivity contribution in [3.8, 4) is 0 Å². The molecule has 1 heteroatoms. The summed E-state index contributed by atoms with van der Waals surface area (Å²) in [6.45, 7) is 3.39. The van der Waals surface area contributed by atoms with E-state index in [9.17, 15) is 4.39 Å². The molecule has 0 heterocycles. The molecule has 0 aromatic carbocycles. The molecule has 7 heavy (non-hydrogen) atoms. The van der Waals surface area contributed by atoms with E-state index in [1.165, 1.54) is 6.08 Å². The van der Waals surface area contributed by atoms with Crippen LogP contribution in [0.3, 0.4) is 0 Å². The van der Waals surface area contributed by atoms with Gasteiger partial charge in [0.15, 0.2) is 0 Å². The van der Waals surface area contributed by atoms with Gasteiger partial charge in [0, 0.05) is 0 Å². The lowest BCUT2D eigenvalue weighted by atomic mass is 10.5. The van der Waals surface area contributed by atoms with Crippen LogP contribution in [0.2, 0.25) is 0 Å². The van der Waals surface area contributed by atoms with Crippen molar-refractivity contribution >= 4 is 0 Å². The molecule has 0 aliphatic carbocycles. The summed E-state index contributed by atoms with van der Waals surface area (Å²) in [6, 6.07) is 0. The third kappa shape index (κ3) is 5.15. The summed E-state index contributed by atoms with van der Waals surface area (Å²) in [5, 5.41) is 0. The Labute approximate surface area is 42.7 Å². The van der Waals surface area contributed by atoms with Crippen molar-refractivity contribution in [3.63, 3.8) is 0 Å². The second-order valence-electron chi connectivity index (χ2n) is 0.939. The fourth-order valence-corrected chi connectivity index (χ4v) is 0.185. The molecule has 0 spiro atoms. The van der Waals surface area contributed by atoms with Gasteiger partial charge in [-0.05, 0) is 6.08 Å². The number of rotatable bonds is 2. The van der Waals surface area contributed by atoms with Crippen LogP contribution < -0.4 is 0 Å². The number of hydrogen-bond donors (Lipinski definition) is 0. The van der Waals surface area contributed by atoms with Crippen molar-refractivity contribution in [2.45, 2.75) is 0 Å². The van der Waals surface area contributed by atoms with Crippen LogP contribution in [0.1, 0.15) is 0 Å². The Kier molecular flexibility index (Phi) is 4.52. The first-order valence-corrected chi connectivity index (χ1v) is 1.96. The second kappa shape index (κ2) is 5.15. The normalized spacial score (nSPS) is 11.0. The fraction of sp³-hybridized carbons (Fsp3) is 0. The lowest BCUT2D eigenvalue weighted by Gasteiger charge is -1.63. The lowest BCUT2D eigenvalue weighted by molar-refractivity contribution is 0.721. The molecule has 0 nitrogen and oxygen atoms in total. The molecular formula is C6H7F. The van der Waals surface area contributed by atoms with Gasteiger partial charge in [0.1, 0.15) is 0 Å². The van der Waals surface area contributed by atoms with Crippen LogP contribution in [0.5, 0.6) is 0 Å². The zero-order chi connectivity index (χ0) is 5.54. The van der Waals surface area contributed by atoms with Gasteiger partial charge in [-0.1, -0.05) is 24.8 Å². The van der Waals surface area contributed by atoms with Crippen molar-refractivity contribution in [2.24, 2.45) is 0 Å². The smallest absolute Gasteiger partial charge is 0.0866 e. The minimum absolute atomic E-state index is 0.472. The molecule has 0 rings (SSSR count). The maximum Gasteiger partial charge on any atom is 0.0866 e. The van der Waals surface area contributed by atoms with Crippen molar-refractivity contribution in [2.75, 3.05) is 0 Å². The summed E-state index contributed by atoms with van der Waals surface area (Å²) in [4.78, 5) is 0. The molecule has 0 radical (unpaired) electrons. The summed E-state index contributed by atoms with van der Waals surface area (Å²) in [6.07, 6.45) is 6.56. The Balaban J connectivity index is 3.27. The monoisotopic (exact) mass is 98.1 g/mol. The maximum atomic E-state index is 11.1. The van der Waals surface area contributed by atoms with Crippen LogP contribution in [-0.4, -0.2) is 0 Å². The molecule has 0 aliphatic rings. The zero-order valence-corrected chi connectivity index (χ0v) is 3.97. The standard InChI is InChI=1S/C6H7F/c1-2-3-4-5-6-7/h2-6H,1H2/b4-3+,6-5+. The Morgan fingerprint density at radius 2 is 1.86 bits per heavy atom. The predicted octanol–water partition coefficient (Wildman–Crippen LogP) is 2.21. The van der Waals surface area contributed by atoms with E-state index in [4.69, 9.17) is 0 Å². The zero-order valence-electron chi connectivity index (χ0n) is 3.97. The minimum atomic E-state index is 0.472. The maximum absolute atomic E-state index is 11.1. The van der Waals surface area contributed by atoms with Crippen LogP contribution in [0.25, 0.3) is 0 Å². The lowest BCUT2D eigenvalue weighted by Crippen LogP contribution is -1.41. The van der Waals surface area contributed by atoms with Crippen molar-refractivity contribution in [1.29, 1.82) is 0 Å². The largest absolute Gasteiger partial charge is 0.216 e. The highest BCUT2D eigenvalue weighted by Crippen LogP contribution is 1.76. The summed E-state index contributed by atoms with van der Waals surface area (Å²) < 4.78 is 11.1. The van der Waals surface area contributed by atoms with Gasteiger partial charge < -0.3 is 0 Å². The van der Waals surface area contributed by atoms with Crippen molar-refractivity contribution in [3.05, 3.63) is 37.2 Å². The molecule has 0 saturated heterocycles. The van der Waals surface area contributed by atoms with Gasteiger partial charge in [-0.3, -0.25) is 0 Å². The third-order valence-electron chi connectivity index (χ3n) is 0.431. The molecule has 0 fully saturated rings. The van der Waals surface area contributed by atoms with E-state index in [1.54, 1.807) is 18.2 Å². The van der Waals surface area contributed by atoms with Crippen LogP contribution in [0.4, 0.5) is 4.39 Å². The van der Waals surface area contributed by atoms with E-state index < -0.39 is 0 Å². The first-order chi connectivity index (χ1) is 3.41. The molecule has 0 bridgehead atoms. The van der Waals surface area contributed by atoms with Crippen molar-refractivity contribution < 1.29 is 4.39 Å². The van der Waals surface area contributed by atoms with E-state index in [-0.39, 0.29) is 0 Å². The highest BCUT2D eigenvalue weighted by Gasteiger charge is 1.54. The SMILES string of the molecule is C=C/C=C/C=C/F. The molecular weight excluding hydrogens is 91.1 g/mol. The quantitative estimate of drug-likeness (QED) is 0.464. The Morgan fingerprint density at radius 3 is 2.29 bits per heavy atom. The molecule has 0 amide bonds. The second-order valence-corrected chi connectivity index (χ2v) is 0.939. The van der Waals surface area contributed by atoms with Crippen LogP contribution in [0, 0.1) is 0 Å². The van der Waals surface area contributed by atoms with Crippen LogP contribution >= 0.6 is 0 Å². The van der Waals surface area contributed by atoms with Crippen LogP contribution in [-0.2, 0) is 0 Å². The summed E-state index contributed by atoms with van der Waals surface area (Å²) in [5.74, 6) is 0. The van der Waals surface area contributed by atoms with Gasteiger partial charge in [0.25, 0.3) is 0 Å². The first-order valence-electron chi connectivity index (χ1n) is 1.96. The molecule has 0 aromatic heterocycles. The highest BCUT2D eigenvalue weighted by atomic mass is 19.1. The molecule has 0 aromatic rings. The van der Waals surface area contributed by atoms with Gasteiger partial charge >= 0.3 is 0 Å². The molecule has 0 aliphatic heterocycles. The van der Waals surface area contributed by atoms with Gasteiger partial charge in [-0.15, -0.1) is 0 Å². The van der Waals surface area contributed by atoms with Gasteiger partial charge in [-0.2, -0.15) is 0 Å². The highest BCUT2D eigenvalue weighted by molar-refractivity contribution is 5.06. The van der Waals surface area contributed by atoms with Gasteiger partial charge in [-0.25, -0.2) is 4.39 Å². The molecule has 0 unspecified atom stereocenters. The van der Waals surface area contributed by atoms with Crippen LogP contribution in [0.15, 0.2) is 37.2 Å². The Bertz CT molecular complexity index is 90.4. The van der Waals surface area contributed by atoms with E-state index in [1.807, 2.05) is 0 Å². The first kappa shape index (κ1) is 6.15.